The molecule has 8 nitrogen and oxygen atoms in total. The fourth-order valence-electron chi connectivity index (χ4n) is 2.72. The number of hydrogen-bond acceptors (Lipinski definition) is 7. The minimum atomic E-state index is -0.726. The van der Waals surface area contributed by atoms with Crippen LogP contribution >= 0.6 is 0 Å². The van der Waals surface area contributed by atoms with Gasteiger partial charge >= 0.3 is 5.97 Å². The van der Waals surface area contributed by atoms with Crippen LogP contribution in [0.4, 0.5) is 0 Å². The molecule has 0 spiro atoms. The Bertz CT molecular complexity index is 1130. The van der Waals surface area contributed by atoms with Crippen molar-refractivity contribution in [2.24, 2.45) is 0 Å². The van der Waals surface area contributed by atoms with Crippen LogP contribution in [0.5, 0.6) is 0 Å². The molecule has 8 heteroatoms. The highest BCUT2D eigenvalue weighted by Gasteiger charge is 2.24. The average Bonchev–Trinajstić information content (AvgIpc) is 3.36. The van der Waals surface area contributed by atoms with E-state index in [4.69, 9.17) is 9.15 Å². The molecule has 2 heterocycles. The van der Waals surface area contributed by atoms with Crippen molar-refractivity contribution in [2.45, 2.75) is 26.9 Å². The molecule has 0 aliphatic rings. The van der Waals surface area contributed by atoms with Crippen LogP contribution in [0.3, 0.4) is 0 Å². The van der Waals surface area contributed by atoms with Crippen LogP contribution in [0.15, 0.2) is 59.0 Å². The van der Waals surface area contributed by atoms with E-state index in [-0.39, 0.29) is 11.6 Å². The second-order valence-corrected chi connectivity index (χ2v) is 6.62. The molecule has 0 aliphatic carbocycles. The molecule has 29 heavy (non-hydrogen) atoms. The van der Waals surface area contributed by atoms with E-state index < -0.39 is 12.1 Å². The van der Waals surface area contributed by atoms with Crippen molar-refractivity contribution in [1.82, 2.24) is 25.2 Å². The number of aryl methyl sites for hydroxylation is 2. The summed E-state index contributed by atoms with van der Waals surface area (Å²) >= 11 is 0. The molecule has 146 valence electrons. The van der Waals surface area contributed by atoms with E-state index >= 15 is 0 Å². The highest BCUT2D eigenvalue weighted by Crippen LogP contribution is 2.23. The largest absolute Gasteiger partial charge is 0.448 e. The second-order valence-electron chi connectivity index (χ2n) is 6.62. The van der Waals surface area contributed by atoms with Gasteiger partial charge in [-0.3, -0.25) is 0 Å². The summed E-state index contributed by atoms with van der Waals surface area (Å²) in [4.78, 5) is 14.0. The number of benzene rings is 2. The summed E-state index contributed by atoms with van der Waals surface area (Å²) in [6, 6.07) is 17.0. The lowest BCUT2D eigenvalue weighted by Gasteiger charge is -2.07. The molecule has 0 bridgehead atoms. The maximum absolute atomic E-state index is 12.6. The highest BCUT2D eigenvalue weighted by atomic mass is 16.6. The van der Waals surface area contributed by atoms with Gasteiger partial charge in [0.05, 0.1) is 11.4 Å². The Morgan fingerprint density at radius 3 is 2.45 bits per heavy atom. The second kappa shape index (κ2) is 7.67. The maximum Gasteiger partial charge on any atom is 0.361 e. The fraction of sp³-hybridized carbons (Fsp3) is 0.190. The summed E-state index contributed by atoms with van der Waals surface area (Å²) in [6.07, 6.45) is -0.726. The summed E-state index contributed by atoms with van der Waals surface area (Å²) in [5.41, 5.74) is 3.29. The van der Waals surface area contributed by atoms with Crippen molar-refractivity contribution in [3.63, 3.8) is 0 Å². The normalized spacial score (nSPS) is 12.0. The molecule has 2 aromatic heterocycles. The topological polar surface area (TPSA) is 95.9 Å². The first-order chi connectivity index (χ1) is 14.0. The summed E-state index contributed by atoms with van der Waals surface area (Å²) in [5, 5.41) is 16.6. The van der Waals surface area contributed by atoms with Crippen LogP contribution in [-0.2, 0) is 4.74 Å². The van der Waals surface area contributed by atoms with Crippen molar-refractivity contribution in [3.8, 4) is 17.1 Å². The number of carbonyl (C=O) groups excluding carboxylic acids is 1. The Balaban J connectivity index is 1.49. The zero-order valence-electron chi connectivity index (χ0n) is 16.2. The lowest BCUT2D eigenvalue weighted by atomic mass is 10.1. The average molecular weight is 389 g/mol. The Morgan fingerprint density at radius 2 is 1.72 bits per heavy atom. The molecule has 4 rings (SSSR count). The third-order valence-corrected chi connectivity index (χ3v) is 4.33. The van der Waals surface area contributed by atoms with Crippen LogP contribution in [0.1, 0.15) is 40.7 Å². The molecule has 1 atom stereocenters. The van der Waals surface area contributed by atoms with E-state index in [1.807, 2.05) is 61.5 Å². The molecule has 4 aromatic rings. The predicted octanol–water partition coefficient (Wildman–Crippen LogP) is 3.85. The van der Waals surface area contributed by atoms with Crippen LogP contribution in [0.25, 0.3) is 17.1 Å². The van der Waals surface area contributed by atoms with Gasteiger partial charge < -0.3 is 9.15 Å². The third-order valence-electron chi connectivity index (χ3n) is 4.33. The molecule has 0 aliphatic heterocycles. The smallest absolute Gasteiger partial charge is 0.361 e. The van der Waals surface area contributed by atoms with Crippen LogP contribution in [0, 0.1) is 13.8 Å². The van der Waals surface area contributed by atoms with Crippen LogP contribution in [-0.4, -0.2) is 31.2 Å². The number of carbonyl (C=O) groups is 1. The van der Waals surface area contributed by atoms with Gasteiger partial charge in [0.1, 0.15) is 0 Å². The fourth-order valence-corrected chi connectivity index (χ4v) is 2.72. The zero-order chi connectivity index (χ0) is 20.4. The van der Waals surface area contributed by atoms with Gasteiger partial charge in [0.25, 0.3) is 5.89 Å². The molecule has 2 aromatic carbocycles. The Hall–Kier alpha value is -3.81. The van der Waals surface area contributed by atoms with Gasteiger partial charge in [0.2, 0.25) is 5.89 Å². The molecule has 0 fully saturated rings. The molecule has 0 N–H and O–H groups in total. The minimum Gasteiger partial charge on any atom is -0.448 e. The predicted molar refractivity (Wildman–Crippen MR) is 104 cm³/mol. The third kappa shape index (κ3) is 3.91. The van der Waals surface area contributed by atoms with Gasteiger partial charge in [0.15, 0.2) is 11.8 Å². The van der Waals surface area contributed by atoms with Gasteiger partial charge in [-0.1, -0.05) is 35.9 Å². The quantitative estimate of drug-likeness (QED) is 0.478. The SMILES string of the molecule is Cc1ccc(-c2nnc([C@H](C)OC(=O)c3nn(-c4ccccc4)nc3C)o2)cc1. The van der Waals surface area contributed by atoms with Crippen molar-refractivity contribution in [3.05, 3.63) is 77.4 Å². The van der Waals surface area contributed by atoms with E-state index in [1.54, 1.807) is 13.8 Å². The molecule has 0 radical (unpaired) electrons. The lowest BCUT2D eigenvalue weighted by molar-refractivity contribution is 0.0271. The standard InChI is InChI=1S/C21H19N5O3/c1-13-9-11-16(12-10-13)20-23-22-19(29-20)15(3)28-21(27)18-14(2)24-26(25-18)17-7-5-4-6-8-17/h4-12,15H,1-3H3/t15-/m0/s1. The van der Waals surface area contributed by atoms with E-state index in [1.165, 1.54) is 4.80 Å². The number of hydrogen-bond donors (Lipinski definition) is 0. The maximum atomic E-state index is 12.6. The van der Waals surface area contributed by atoms with Crippen molar-refractivity contribution < 1.29 is 13.9 Å². The van der Waals surface area contributed by atoms with Crippen LogP contribution in [0.2, 0.25) is 0 Å². The van der Waals surface area contributed by atoms with Crippen LogP contribution < -0.4 is 0 Å². The molecule has 0 saturated heterocycles. The molecule has 0 amide bonds. The van der Waals surface area contributed by atoms with E-state index in [0.29, 0.717) is 11.6 Å². The Kier molecular flexibility index (Phi) is 4.90. The first-order valence-electron chi connectivity index (χ1n) is 9.12. The summed E-state index contributed by atoms with van der Waals surface area (Å²) < 4.78 is 11.1. The van der Waals surface area contributed by atoms with Crippen molar-refractivity contribution in [2.75, 3.05) is 0 Å². The Morgan fingerprint density at radius 1 is 1.00 bits per heavy atom. The number of ether oxygens (including phenoxy) is 1. The van der Waals surface area contributed by atoms with Gasteiger partial charge in [-0.15, -0.1) is 15.3 Å². The Labute approximate surface area is 167 Å². The number of para-hydroxylation sites is 1. The van der Waals surface area contributed by atoms with Gasteiger partial charge in [-0.05, 0) is 45.0 Å². The van der Waals surface area contributed by atoms with E-state index in [9.17, 15) is 4.79 Å². The molecule has 0 saturated carbocycles. The number of esters is 1. The first kappa shape index (κ1) is 18.5. The summed E-state index contributed by atoms with van der Waals surface area (Å²) in [6.45, 7) is 5.37. The molecular weight excluding hydrogens is 370 g/mol. The minimum absolute atomic E-state index is 0.138. The van der Waals surface area contributed by atoms with Crippen molar-refractivity contribution in [1.29, 1.82) is 0 Å². The highest BCUT2D eigenvalue weighted by molar-refractivity contribution is 5.88. The molecule has 0 unspecified atom stereocenters. The monoisotopic (exact) mass is 389 g/mol. The van der Waals surface area contributed by atoms with Gasteiger partial charge in [0, 0.05) is 5.56 Å². The van der Waals surface area contributed by atoms with E-state index in [0.717, 1.165) is 16.8 Å². The summed E-state index contributed by atoms with van der Waals surface area (Å²) in [7, 11) is 0. The number of rotatable bonds is 5. The molecular formula is C21H19N5O3. The first-order valence-corrected chi connectivity index (χ1v) is 9.12. The lowest BCUT2D eigenvalue weighted by Crippen LogP contribution is -2.11. The zero-order valence-corrected chi connectivity index (χ0v) is 16.2. The number of aromatic nitrogens is 5. The number of nitrogens with zero attached hydrogens (tertiary/aromatic N) is 5. The van der Waals surface area contributed by atoms with E-state index in [2.05, 4.69) is 20.4 Å². The van der Waals surface area contributed by atoms with Gasteiger partial charge in [-0.25, -0.2) is 4.79 Å². The summed E-state index contributed by atoms with van der Waals surface area (Å²) in [5.74, 6) is -0.0246. The van der Waals surface area contributed by atoms with Gasteiger partial charge in [-0.2, -0.15) is 9.90 Å². The van der Waals surface area contributed by atoms with Crippen molar-refractivity contribution >= 4 is 5.97 Å².